The highest BCUT2D eigenvalue weighted by Crippen LogP contribution is 2.28. The van der Waals surface area contributed by atoms with Crippen molar-refractivity contribution in [2.45, 2.75) is 32.5 Å². The molecule has 1 aliphatic heterocycles. The minimum Gasteiger partial charge on any atom is -0.493 e. The average molecular weight is 414 g/mol. The molecule has 0 radical (unpaired) electrons. The lowest BCUT2D eigenvalue weighted by Gasteiger charge is -2.44. The Labute approximate surface area is 176 Å². The number of aldehydes is 1. The first-order valence-corrected chi connectivity index (χ1v) is 9.95. The molecule has 2 aromatic carbocycles. The number of amides is 1. The van der Waals surface area contributed by atoms with Gasteiger partial charge < -0.3 is 14.4 Å². The number of methoxy groups -OCH3 is 1. The number of benzene rings is 2. The van der Waals surface area contributed by atoms with E-state index in [1.807, 2.05) is 11.8 Å². The largest absolute Gasteiger partial charge is 0.493 e. The zero-order valence-corrected chi connectivity index (χ0v) is 17.5. The van der Waals surface area contributed by atoms with Gasteiger partial charge in [0.2, 0.25) is 0 Å². The van der Waals surface area contributed by atoms with Crippen molar-refractivity contribution in [1.29, 1.82) is 0 Å². The SMILES string of the molecule is COc1ccc(C=O)cc1OCC(=O)N1CC(C)N(Cc2ccc(F)cc2)CC1C. The Kier molecular flexibility index (Phi) is 7.05. The number of hydrogen-bond donors (Lipinski definition) is 0. The van der Waals surface area contributed by atoms with Crippen LogP contribution in [0.2, 0.25) is 0 Å². The van der Waals surface area contributed by atoms with E-state index >= 15 is 0 Å². The molecule has 1 amide bonds. The van der Waals surface area contributed by atoms with Crippen LogP contribution in [0, 0.1) is 5.82 Å². The smallest absolute Gasteiger partial charge is 0.260 e. The van der Waals surface area contributed by atoms with Gasteiger partial charge in [-0.25, -0.2) is 4.39 Å². The van der Waals surface area contributed by atoms with Crippen LogP contribution in [-0.2, 0) is 11.3 Å². The number of carbonyl (C=O) groups excluding carboxylic acids is 2. The van der Waals surface area contributed by atoms with Gasteiger partial charge in [-0.3, -0.25) is 14.5 Å². The Morgan fingerprint density at radius 1 is 1.10 bits per heavy atom. The van der Waals surface area contributed by atoms with Crippen molar-refractivity contribution in [3.8, 4) is 11.5 Å². The first-order chi connectivity index (χ1) is 14.4. The molecule has 1 saturated heterocycles. The number of carbonyl (C=O) groups is 2. The molecule has 2 unspecified atom stereocenters. The normalized spacial score (nSPS) is 19.4. The molecule has 0 bridgehead atoms. The average Bonchev–Trinajstić information content (AvgIpc) is 2.75. The molecule has 0 spiro atoms. The summed E-state index contributed by atoms with van der Waals surface area (Å²) >= 11 is 0. The van der Waals surface area contributed by atoms with E-state index in [1.54, 1.807) is 30.3 Å². The van der Waals surface area contributed by atoms with Gasteiger partial charge in [0.1, 0.15) is 12.1 Å². The van der Waals surface area contributed by atoms with E-state index in [-0.39, 0.29) is 30.4 Å². The lowest BCUT2D eigenvalue weighted by atomic mass is 10.1. The molecule has 0 aromatic heterocycles. The number of ether oxygens (including phenoxy) is 2. The summed E-state index contributed by atoms with van der Waals surface area (Å²) < 4.78 is 24.1. The summed E-state index contributed by atoms with van der Waals surface area (Å²) in [5.74, 6) is 0.477. The van der Waals surface area contributed by atoms with E-state index in [1.165, 1.54) is 19.2 Å². The van der Waals surface area contributed by atoms with Crippen molar-refractivity contribution in [3.05, 3.63) is 59.4 Å². The molecule has 6 nitrogen and oxygen atoms in total. The highest BCUT2D eigenvalue weighted by atomic mass is 19.1. The van der Waals surface area contributed by atoms with Crippen molar-refractivity contribution < 1.29 is 23.5 Å². The second-order valence-corrected chi connectivity index (χ2v) is 7.62. The minimum atomic E-state index is -0.245. The molecule has 2 atom stereocenters. The summed E-state index contributed by atoms with van der Waals surface area (Å²) in [6.45, 7) is 5.96. The molecule has 30 heavy (non-hydrogen) atoms. The Balaban J connectivity index is 1.60. The summed E-state index contributed by atoms with van der Waals surface area (Å²) in [6, 6.07) is 11.5. The van der Waals surface area contributed by atoms with Crippen LogP contribution in [0.15, 0.2) is 42.5 Å². The monoisotopic (exact) mass is 414 g/mol. The predicted octanol–water partition coefficient (Wildman–Crippen LogP) is 3.15. The van der Waals surface area contributed by atoms with Crippen LogP contribution in [0.4, 0.5) is 4.39 Å². The molecule has 2 aromatic rings. The van der Waals surface area contributed by atoms with Gasteiger partial charge in [-0.1, -0.05) is 12.1 Å². The van der Waals surface area contributed by atoms with Gasteiger partial charge in [0.05, 0.1) is 7.11 Å². The van der Waals surface area contributed by atoms with Gasteiger partial charge >= 0.3 is 0 Å². The third-order valence-electron chi connectivity index (χ3n) is 5.41. The maximum Gasteiger partial charge on any atom is 0.260 e. The van der Waals surface area contributed by atoms with Crippen molar-refractivity contribution in [1.82, 2.24) is 9.80 Å². The summed E-state index contributed by atoms with van der Waals surface area (Å²) in [6.07, 6.45) is 0.720. The Morgan fingerprint density at radius 2 is 1.83 bits per heavy atom. The standard InChI is InChI=1S/C23H27FN2O4/c1-16-12-26(17(2)11-25(16)13-18-4-7-20(24)8-5-18)23(28)15-30-22-10-19(14-27)6-9-21(22)29-3/h4-10,14,16-17H,11-13,15H2,1-3H3. The van der Waals surface area contributed by atoms with Gasteiger partial charge in [-0.05, 0) is 49.7 Å². The molecule has 0 N–H and O–H groups in total. The van der Waals surface area contributed by atoms with Crippen LogP contribution in [-0.4, -0.2) is 60.9 Å². The fraction of sp³-hybridized carbons (Fsp3) is 0.391. The predicted molar refractivity (Wildman–Crippen MR) is 111 cm³/mol. The van der Waals surface area contributed by atoms with Crippen molar-refractivity contribution in [3.63, 3.8) is 0 Å². The zero-order valence-electron chi connectivity index (χ0n) is 17.5. The summed E-state index contributed by atoms with van der Waals surface area (Å²) in [5, 5.41) is 0. The minimum absolute atomic E-state index is 0.0148. The maximum atomic E-state index is 13.1. The molecular formula is C23H27FN2O4. The lowest BCUT2D eigenvalue weighted by Crippen LogP contribution is -2.58. The molecule has 0 aliphatic carbocycles. The molecule has 3 rings (SSSR count). The Hall–Kier alpha value is -2.93. The van der Waals surface area contributed by atoms with Crippen molar-refractivity contribution in [2.24, 2.45) is 0 Å². The van der Waals surface area contributed by atoms with E-state index in [0.29, 0.717) is 36.7 Å². The van der Waals surface area contributed by atoms with Gasteiger partial charge in [-0.15, -0.1) is 0 Å². The highest BCUT2D eigenvalue weighted by Gasteiger charge is 2.32. The molecular weight excluding hydrogens is 387 g/mol. The summed E-state index contributed by atoms with van der Waals surface area (Å²) in [5.41, 5.74) is 1.50. The number of nitrogens with zero attached hydrogens (tertiary/aromatic N) is 2. The van der Waals surface area contributed by atoms with Crippen molar-refractivity contribution in [2.75, 3.05) is 26.8 Å². The van der Waals surface area contributed by atoms with Gasteiger partial charge in [0, 0.05) is 37.3 Å². The fourth-order valence-electron chi connectivity index (χ4n) is 3.69. The third-order valence-corrected chi connectivity index (χ3v) is 5.41. The lowest BCUT2D eigenvalue weighted by molar-refractivity contribution is -0.139. The molecule has 7 heteroatoms. The molecule has 1 heterocycles. The van der Waals surface area contributed by atoms with E-state index in [9.17, 15) is 14.0 Å². The molecule has 1 aliphatic rings. The molecule has 0 saturated carbocycles. The highest BCUT2D eigenvalue weighted by molar-refractivity contribution is 5.79. The van der Waals surface area contributed by atoms with Crippen LogP contribution in [0.5, 0.6) is 11.5 Å². The van der Waals surface area contributed by atoms with E-state index < -0.39 is 0 Å². The number of rotatable bonds is 7. The first kappa shape index (κ1) is 21.8. The van der Waals surface area contributed by atoms with Crippen LogP contribution >= 0.6 is 0 Å². The van der Waals surface area contributed by atoms with Crippen molar-refractivity contribution >= 4 is 12.2 Å². The number of halogens is 1. The third kappa shape index (κ3) is 5.16. The fourth-order valence-corrected chi connectivity index (χ4v) is 3.69. The topological polar surface area (TPSA) is 59.1 Å². The van der Waals surface area contributed by atoms with E-state index in [2.05, 4.69) is 11.8 Å². The van der Waals surface area contributed by atoms with Crippen LogP contribution in [0.3, 0.4) is 0 Å². The Bertz CT molecular complexity index is 887. The summed E-state index contributed by atoms with van der Waals surface area (Å²) in [4.78, 5) is 27.9. The zero-order chi connectivity index (χ0) is 21.7. The Morgan fingerprint density at radius 3 is 2.50 bits per heavy atom. The molecule has 160 valence electrons. The van der Waals surface area contributed by atoms with E-state index in [0.717, 1.165) is 11.8 Å². The van der Waals surface area contributed by atoms with Gasteiger partial charge in [-0.2, -0.15) is 0 Å². The van der Waals surface area contributed by atoms with Crippen LogP contribution in [0.1, 0.15) is 29.8 Å². The quantitative estimate of drug-likeness (QED) is 0.652. The van der Waals surface area contributed by atoms with Gasteiger partial charge in [0.25, 0.3) is 5.91 Å². The number of piperazine rings is 1. The molecule has 1 fully saturated rings. The second kappa shape index (κ2) is 9.71. The van der Waals surface area contributed by atoms with Crippen LogP contribution in [0.25, 0.3) is 0 Å². The summed E-state index contributed by atoms with van der Waals surface area (Å²) in [7, 11) is 1.51. The van der Waals surface area contributed by atoms with E-state index in [4.69, 9.17) is 9.47 Å². The van der Waals surface area contributed by atoms with Gasteiger partial charge in [0.15, 0.2) is 18.1 Å². The second-order valence-electron chi connectivity index (χ2n) is 7.62. The maximum absolute atomic E-state index is 13.1. The van der Waals surface area contributed by atoms with Crippen LogP contribution < -0.4 is 9.47 Å². The first-order valence-electron chi connectivity index (χ1n) is 9.95. The number of hydrogen-bond acceptors (Lipinski definition) is 5.